The Balaban J connectivity index is 2.62. The molecule has 0 saturated carbocycles. The molecule has 1 aromatic rings. The van der Waals surface area contributed by atoms with E-state index < -0.39 is 5.91 Å². The highest BCUT2D eigenvalue weighted by molar-refractivity contribution is 7.08. The first kappa shape index (κ1) is 8.52. The summed E-state index contributed by atoms with van der Waals surface area (Å²) in [7, 11) is 0. The van der Waals surface area contributed by atoms with Crippen molar-refractivity contribution >= 4 is 23.3 Å². The quantitative estimate of drug-likeness (QED) is 0.298. The molecular formula is C7H5N3OS. The lowest BCUT2D eigenvalue weighted by atomic mass is 10.3. The number of nitrogens with zero attached hydrogens (tertiary/aromatic N) is 3. The summed E-state index contributed by atoms with van der Waals surface area (Å²) in [6, 6.07) is 1.87. The first-order chi connectivity index (χ1) is 5.83. The van der Waals surface area contributed by atoms with Gasteiger partial charge in [0.2, 0.25) is 5.91 Å². The van der Waals surface area contributed by atoms with E-state index in [1.165, 1.54) is 17.4 Å². The van der Waals surface area contributed by atoms with Crippen LogP contribution in [0.2, 0.25) is 0 Å². The molecule has 1 rings (SSSR count). The third-order valence-electron chi connectivity index (χ3n) is 1.10. The Morgan fingerprint density at radius 2 is 2.58 bits per heavy atom. The first-order valence-corrected chi connectivity index (χ1v) is 4.06. The molecule has 0 aromatic carbocycles. The number of rotatable bonds is 2. The van der Waals surface area contributed by atoms with Crippen LogP contribution in [0.3, 0.4) is 0 Å². The number of azide groups is 1. The van der Waals surface area contributed by atoms with E-state index in [2.05, 4.69) is 10.0 Å². The highest BCUT2D eigenvalue weighted by Gasteiger charge is 1.89. The van der Waals surface area contributed by atoms with Crippen LogP contribution < -0.4 is 0 Å². The number of carbonyl (C=O) groups excluding carboxylic acids is 1. The molecule has 60 valence electrons. The molecule has 0 unspecified atom stereocenters. The topological polar surface area (TPSA) is 65.8 Å². The molecule has 1 aromatic heterocycles. The van der Waals surface area contributed by atoms with Gasteiger partial charge in [0.1, 0.15) is 0 Å². The minimum atomic E-state index is -0.580. The number of hydrogen-bond acceptors (Lipinski definition) is 2. The maximum absolute atomic E-state index is 10.6. The van der Waals surface area contributed by atoms with E-state index >= 15 is 0 Å². The molecule has 4 nitrogen and oxygen atoms in total. The zero-order valence-corrected chi connectivity index (χ0v) is 6.86. The average molecular weight is 179 g/mol. The van der Waals surface area contributed by atoms with E-state index in [1.54, 1.807) is 6.08 Å². The van der Waals surface area contributed by atoms with Crippen molar-refractivity contribution in [2.75, 3.05) is 0 Å². The van der Waals surface area contributed by atoms with Gasteiger partial charge in [0.15, 0.2) is 0 Å². The molecule has 5 heteroatoms. The fraction of sp³-hybridized carbons (Fsp3) is 0. The zero-order valence-electron chi connectivity index (χ0n) is 6.04. The third-order valence-corrected chi connectivity index (χ3v) is 1.81. The van der Waals surface area contributed by atoms with Crippen LogP contribution in [0, 0.1) is 0 Å². The number of thiophene rings is 1. The Bertz CT molecular complexity index is 336. The van der Waals surface area contributed by atoms with Gasteiger partial charge in [-0.1, -0.05) is 6.08 Å². The van der Waals surface area contributed by atoms with Gasteiger partial charge in [0.05, 0.1) is 0 Å². The zero-order chi connectivity index (χ0) is 8.81. The van der Waals surface area contributed by atoms with E-state index in [1.807, 2.05) is 16.8 Å². The molecule has 0 saturated heterocycles. The second kappa shape index (κ2) is 4.33. The van der Waals surface area contributed by atoms with Crippen molar-refractivity contribution in [2.24, 2.45) is 5.11 Å². The standard InChI is InChI=1S/C7H5N3OS/c8-10-9-7(11)2-1-6-3-4-12-5-6/h1-5H. The molecule has 0 aliphatic rings. The van der Waals surface area contributed by atoms with E-state index in [0.717, 1.165) is 5.56 Å². The van der Waals surface area contributed by atoms with Gasteiger partial charge in [0.25, 0.3) is 0 Å². The van der Waals surface area contributed by atoms with Gasteiger partial charge in [-0.25, -0.2) is 0 Å². The molecule has 0 spiro atoms. The Kier molecular flexibility index (Phi) is 3.07. The molecule has 0 atom stereocenters. The van der Waals surface area contributed by atoms with Crippen molar-refractivity contribution < 1.29 is 4.79 Å². The first-order valence-electron chi connectivity index (χ1n) is 3.12. The SMILES string of the molecule is [N-]=[N+]=NC(=O)C=Cc1ccsc1. The van der Waals surface area contributed by atoms with E-state index in [-0.39, 0.29) is 0 Å². The molecular weight excluding hydrogens is 174 g/mol. The number of hydrogen-bond donors (Lipinski definition) is 0. The number of amides is 1. The minimum Gasteiger partial charge on any atom is -0.288 e. The maximum Gasteiger partial charge on any atom is 0.242 e. The van der Waals surface area contributed by atoms with Crippen molar-refractivity contribution in [2.45, 2.75) is 0 Å². The van der Waals surface area contributed by atoms with Crippen LogP contribution >= 0.6 is 11.3 Å². The molecule has 12 heavy (non-hydrogen) atoms. The molecule has 0 aliphatic heterocycles. The van der Waals surface area contributed by atoms with Crippen molar-refractivity contribution in [3.63, 3.8) is 0 Å². The van der Waals surface area contributed by atoms with Crippen LogP contribution in [0.1, 0.15) is 5.56 Å². The fourth-order valence-corrected chi connectivity index (χ4v) is 1.24. The predicted octanol–water partition coefficient (Wildman–Crippen LogP) is 2.60. The molecule has 0 aliphatic carbocycles. The second-order valence-corrected chi connectivity index (χ2v) is 2.70. The number of carbonyl (C=O) groups is 1. The van der Waals surface area contributed by atoms with Crippen LogP contribution in [-0.2, 0) is 4.79 Å². The molecule has 0 fully saturated rings. The molecule has 0 N–H and O–H groups in total. The van der Waals surface area contributed by atoms with Crippen LogP contribution in [0.4, 0.5) is 0 Å². The molecule has 1 amide bonds. The lowest BCUT2D eigenvalue weighted by Gasteiger charge is -1.79. The average Bonchev–Trinajstić information content (AvgIpc) is 2.53. The largest absolute Gasteiger partial charge is 0.288 e. The van der Waals surface area contributed by atoms with Gasteiger partial charge in [-0.05, 0) is 39.1 Å². The van der Waals surface area contributed by atoms with Crippen LogP contribution in [-0.4, -0.2) is 5.91 Å². The van der Waals surface area contributed by atoms with Crippen molar-refractivity contribution in [3.8, 4) is 0 Å². The maximum atomic E-state index is 10.6. The summed E-state index contributed by atoms with van der Waals surface area (Å²) in [6.45, 7) is 0. The predicted molar refractivity (Wildman–Crippen MR) is 47.5 cm³/mol. The van der Waals surface area contributed by atoms with Crippen molar-refractivity contribution in [3.05, 3.63) is 38.9 Å². The van der Waals surface area contributed by atoms with Crippen molar-refractivity contribution in [1.29, 1.82) is 0 Å². The van der Waals surface area contributed by atoms with Crippen molar-refractivity contribution in [1.82, 2.24) is 0 Å². The summed E-state index contributed by atoms with van der Waals surface area (Å²) in [6.07, 6.45) is 2.84. The highest BCUT2D eigenvalue weighted by Crippen LogP contribution is 2.07. The fourth-order valence-electron chi connectivity index (χ4n) is 0.615. The van der Waals surface area contributed by atoms with Gasteiger partial charge >= 0.3 is 0 Å². The summed E-state index contributed by atoms with van der Waals surface area (Å²) >= 11 is 1.54. The third kappa shape index (κ3) is 2.57. The van der Waals surface area contributed by atoms with Crippen LogP contribution in [0.15, 0.2) is 28.0 Å². The van der Waals surface area contributed by atoms with Crippen LogP contribution in [0.25, 0.3) is 16.5 Å². The van der Waals surface area contributed by atoms with Crippen LogP contribution in [0.5, 0.6) is 0 Å². The van der Waals surface area contributed by atoms with Gasteiger partial charge < -0.3 is 0 Å². The van der Waals surface area contributed by atoms with Gasteiger partial charge in [-0.2, -0.15) is 11.3 Å². The second-order valence-electron chi connectivity index (χ2n) is 1.92. The summed E-state index contributed by atoms with van der Waals surface area (Å²) in [5.74, 6) is -0.580. The molecule has 0 radical (unpaired) electrons. The van der Waals surface area contributed by atoms with E-state index in [0.29, 0.717) is 0 Å². The molecule has 1 heterocycles. The Morgan fingerprint density at radius 3 is 3.17 bits per heavy atom. The summed E-state index contributed by atoms with van der Waals surface area (Å²) in [5, 5.41) is 6.67. The minimum absolute atomic E-state index is 0.580. The van der Waals surface area contributed by atoms with E-state index in [9.17, 15) is 4.79 Å². The van der Waals surface area contributed by atoms with Gasteiger partial charge in [-0.15, -0.1) is 0 Å². The lowest BCUT2D eigenvalue weighted by Crippen LogP contribution is -1.81. The Morgan fingerprint density at radius 1 is 1.75 bits per heavy atom. The molecule has 0 bridgehead atoms. The summed E-state index contributed by atoms with van der Waals surface area (Å²) in [4.78, 5) is 13.0. The van der Waals surface area contributed by atoms with Gasteiger partial charge in [0, 0.05) is 4.91 Å². The monoisotopic (exact) mass is 179 g/mol. The summed E-state index contributed by atoms with van der Waals surface area (Å²) in [5.41, 5.74) is 8.83. The van der Waals surface area contributed by atoms with E-state index in [4.69, 9.17) is 5.53 Å². The highest BCUT2D eigenvalue weighted by atomic mass is 32.1. The smallest absolute Gasteiger partial charge is 0.242 e. The normalized spacial score (nSPS) is 9.67. The lowest BCUT2D eigenvalue weighted by molar-refractivity contribution is -0.113. The Labute approximate surface area is 72.8 Å². The van der Waals surface area contributed by atoms with Gasteiger partial charge in [-0.3, -0.25) is 4.79 Å². The summed E-state index contributed by atoms with van der Waals surface area (Å²) < 4.78 is 0. The Hall–Kier alpha value is -1.58.